The maximum Gasteiger partial charge on any atom is 0.329 e. The predicted octanol–water partition coefficient (Wildman–Crippen LogP) is 11.4. The Morgan fingerprint density at radius 2 is 1.33 bits per heavy atom. The number of nitrogens with two attached hydrogens (primary N) is 2. The fraction of sp³-hybridized carbons (Fsp3) is 0.717. The molecule has 3 fully saturated rings. The number of aliphatic hydroxyl groups excluding tert-OH is 1. The summed E-state index contributed by atoms with van der Waals surface area (Å²) in [7, 11) is 6.19. The number of nitrogens with zero attached hydrogens (tertiary/aromatic N) is 6. The Bertz CT molecular complexity index is 3980. The van der Waals surface area contributed by atoms with Gasteiger partial charge in [-0.1, -0.05) is 77.5 Å². The summed E-state index contributed by atoms with van der Waals surface area (Å²) in [6.07, 6.45) is 17.4. The first-order valence-corrected chi connectivity index (χ1v) is 44.7. The van der Waals surface area contributed by atoms with E-state index in [9.17, 15) is 39.0 Å². The second-order valence-electron chi connectivity index (χ2n) is 33.0. The second-order valence-corrected chi connectivity index (χ2v) is 33.0. The average molecular weight is 1750 g/mol. The first-order chi connectivity index (χ1) is 59.8. The van der Waals surface area contributed by atoms with Gasteiger partial charge in [0.2, 0.25) is 5.79 Å². The number of unbranched alkanes of at least 4 members (excludes halogenated alkanes) is 2. The van der Waals surface area contributed by atoms with Crippen molar-refractivity contribution in [1.29, 1.82) is 0 Å². The van der Waals surface area contributed by atoms with Crippen LogP contribution in [0.2, 0.25) is 0 Å². The number of hydrogen-bond acceptors (Lipinski definition) is 30. The first kappa shape index (κ1) is 104. The number of nitrogen functional groups attached to an aromatic ring is 2. The number of methoxy groups -OCH3 is 4. The van der Waals surface area contributed by atoms with Crippen molar-refractivity contribution < 1.29 is 114 Å². The molecule has 6 N–H and O–H groups in total. The van der Waals surface area contributed by atoms with Crippen molar-refractivity contribution >= 4 is 69.2 Å². The number of ether oxygens (including phenoxy) is 15. The van der Waals surface area contributed by atoms with E-state index < -0.39 is 84.1 Å². The fourth-order valence-corrected chi connectivity index (χ4v) is 16.4. The molecule has 4 aromatic rings. The van der Waals surface area contributed by atoms with Crippen LogP contribution in [0.15, 0.2) is 76.5 Å². The molecule has 0 radical (unpaired) electrons. The van der Waals surface area contributed by atoms with E-state index in [1.54, 1.807) is 41.2 Å². The van der Waals surface area contributed by atoms with Crippen LogP contribution in [0.3, 0.4) is 0 Å². The number of rotatable bonds is 42. The zero-order valence-corrected chi connectivity index (χ0v) is 75.8. The number of esters is 2. The second kappa shape index (κ2) is 56.1. The zero-order valence-electron chi connectivity index (χ0n) is 75.8. The summed E-state index contributed by atoms with van der Waals surface area (Å²) < 4.78 is 93.2. The number of carbonyl (C=O) groups is 6. The standard InChI is InChI=1S/C66H109NO19.C26H35N7O5/c1-13-79-30-31-81-34-35-83-37-36-82-33-32-80-29-19-23-59(68)84-54-27-25-51(41-58(54)77-11)40-47(5)57-43-56(76-10)46(4)39-49(7)61(70)62(78-12)60(69)48(6)38-44(2)20-15-14-16-21-45(3)55(75-9)42-52-26-24-50(8)66(74,86-52)63(71)64(72)67-28-18-17-22-53(67)65(73)85-57;1-2-35-12-13-37-15-14-36-11-9-19(34)6-4-3-5-10-33-25-22(24(27)29-17-30-25)23(32-33)18-7-8-21-20(16-18)31-26(28)38-21/h14-16,20-21,39,44,46-48,50-58,61-62,70,74H,13,17-19,22-38,40-43H2,1-12H3;7-8,16-17H,2-6,9-15H2,1H3,(H2,28,31)(H2,27,29,30)/b16-14+,20-15+,45-21+,49-39+;/t44-,46-,47-,48-,50-,51+,52+,53+,54-,55+,56-,57+,58-,61-,62+,66-;/m1./s1. The number of aryl methyl sites for hydroxylation is 1. The average Bonchev–Trinajstić information content (AvgIpc) is 1.46. The smallest absolute Gasteiger partial charge is 0.329 e. The van der Waals surface area contributed by atoms with Crippen molar-refractivity contribution in [2.45, 2.75) is 252 Å². The molecule has 32 nitrogen and oxygen atoms in total. The van der Waals surface area contributed by atoms with Gasteiger partial charge in [0.15, 0.2) is 17.0 Å². The normalized spacial score (nSPS) is 27.3. The molecule has 696 valence electrons. The lowest BCUT2D eigenvalue weighted by molar-refractivity contribution is -0.265. The molecule has 3 aliphatic heterocycles. The van der Waals surface area contributed by atoms with E-state index in [0.717, 1.165) is 30.4 Å². The number of benzene rings is 1. The minimum Gasteiger partial charge on any atom is -0.460 e. The van der Waals surface area contributed by atoms with Gasteiger partial charge in [-0.25, -0.2) is 19.4 Å². The maximum atomic E-state index is 14.8. The number of piperidine rings is 1. The number of oxazole rings is 1. The number of anilines is 2. The van der Waals surface area contributed by atoms with Crippen molar-refractivity contribution in [2.24, 2.45) is 35.5 Å². The molecule has 32 heteroatoms. The number of ketones is 3. The molecule has 2 bridgehead atoms. The van der Waals surface area contributed by atoms with Gasteiger partial charge in [0.25, 0.3) is 17.7 Å². The number of aliphatic hydroxyl groups is 2. The van der Waals surface area contributed by atoms with Crippen molar-refractivity contribution in [3.05, 3.63) is 72.1 Å². The molecule has 1 amide bonds. The zero-order chi connectivity index (χ0) is 89.9. The highest BCUT2D eigenvalue weighted by atomic mass is 16.6. The summed E-state index contributed by atoms with van der Waals surface area (Å²) in [5.41, 5.74) is 16.7. The summed E-state index contributed by atoms with van der Waals surface area (Å²) in [4.78, 5) is 97.0. The molecule has 0 unspecified atom stereocenters. The minimum atomic E-state index is -2.44. The van der Waals surface area contributed by atoms with E-state index in [2.05, 4.69) is 15.0 Å². The molecule has 2 saturated heterocycles. The van der Waals surface area contributed by atoms with Crippen molar-refractivity contribution in [3.63, 3.8) is 0 Å². The quantitative estimate of drug-likeness (QED) is 0.0138. The maximum absolute atomic E-state index is 14.8. The van der Waals surface area contributed by atoms with E-state index in [1.807, 2.05) is 102 Å². The lowest BCUT2D eigenvalue weighted by Crippen LogP contribution is -2.61. The van der Waals surface area contributed by atoms with Crippen LogP contribution in [-0.2, 0) is 106 Å². The van der Waals surface area contributed by atoms with E-state index in [1.165, 1.54) is 18.3 Å². The van der Waals surface area contributed by atoms with Crippen molar-refractivity contribution in [3.8, 4) is 11.3 Å². The van der Waals surface area contributed by atoms with Crippen LogP contribution in [0.4, 0.5) is 11.8 Å². The number of aromatic nitrogens is 5. The van der Waals surface area contributed by atoms with Gasteiger partial charge in [-0.05, 0) is 158 Å². The Morgan fingerprint density at radius 3 is 1.98 bits per heavy atom. The Labute approximate surface area is 732 Å². The van der Waals surface area contributed by atoms with E-state index in [4.69, 9.17) is 92.0 Å². The lowest BCUT2D eigenvalue weighted by Gasteiger charge is -2.43. The molecule has 124 heavy (non-hydrogen) atoms. The van der Waals surface area contributed by atoms with Gasteiger partial charge >= 0.3 is 11.9 Å². The molecule has 3 aromatic heterocycles. The highest BCUT2D eigenvalue weighted by Crippen LogP contribution is 2.40. The van der Waals surface area contributed by atoms with E-state index in [0.29, 0.717) is 235 Å². The van der Waals surface area contributed by atoms with Crippen molar-refractivity contribution in [2.75, 3.05) is 152 Å². The minimum absolute atomic E-state index is 0.0242. The predicted molar refractivity (Wildman–Crippen MR) is 467 cm³/mol. The van der Waals surface area contributed by atoms with Crippen LogP contribution in [0.25, 0.3) is 33.4 Å². The summed E-state index contributed by atoms with van der Waals surface area (Å²) in [5, 5.41) is 29.3. The monoisotopic (exact) mass is 1750 g/mol. The Morgan fingerprint density at radius 1 is 0.669 bits per heavy atom. The number of fused-ring (bicyclic) bond motifs is 5. The molecule has 1 saturated carbocycles. The van der Waals surface area contributed by atoms with Gasteiger partial charge in [0, 0.05) is 117 Å². The van der Waals surface area contributed by atoms with Crippen LogP contribution in [0.5, 0.6) is 0 Å². The molecular weight excluding hydrogens is 1600 g/mol. The molecular formula is C92H144N8O24. The Kier molecular flexibility index (Phi) is 46.9. The van der Waals surface area contributed by atoms with Crippen LogP contribution in [0.1, 0.15) is 184 Å². The van der Waals surface area contributed by atoms with Crippen LogP contribution in [0, 0.1) is 35.5 Å². The molecule has 8 rings (SSSR count). The number of Topliss-reactive ketones (excluding diaryl/α,β-unsaturated/α-hetero) is 3. The molecule has 16 atom stereocenters. The molecule has 6 heterocycles. The summed E-state index contributed by atoms with van der Waals surface area (Å²) >= 11 is 0. The number of hydrogen-bond donors (Lipinski definition) is 4. The van der Waals surface area contributed by atoms with Gasteiger partial charge in [-0.2, -0.15) is 10.1 Å². The number of allylic oxidation sites excluding steroid dienone is 5. The highest BCUT2D eigenvalue weighted by Gasteiger charge is 2.53. The van der Waals surface area contributed by atoms with Gasteiger partial charge < -0.3 is 102 Å². The lowest BCUT2D eigenvalue weighted by atomic mass is 9.78. The fourth-order valence-electron chi connectivity index (χ4n) is 16.4. The highest BCUT2D eigenvalue weighted by molar-refractivity contribution is 6.39. The van der Waals surface area contributed by atoms with Gasteiger partial charge in [-0.3, -0.25) is 24.0 Å². The third-order valence-electron chi connectivity index (χ3n) is 23.6. The van der Waals surface area contributed by atoms with Crippen LogP contribution in [-0.4, -0.2) is 276 Å². The summed E-state index contributed by atoms with van der Waals surface area (Å²) in [6.45, 7) is 25.9. The van der Waals surface area contributed by atoms with Crippen molar-refractivity contribution in [1.82, 2.24) is 29.6 Å². The van der Waals surface area contributed by atoms with Gasteiger partial charge in [0.05, 0.1) is 116 Å². The number of cyclic esters (lactones) is 1. The number of amides is 1. The van der Waals surface area contributed by atoms with Gasteiger partial charge in [0.1, 0.15) is 59.6 Å². The van der Waals surface area contributed by atoms with Crippen LogP contribution < -0.4 is 11.5 Å². The molecule has 0 spiro atoms. The first-order valence-electron chi connectivity index (χ1n) is 44.7. The summed E-state index contributed by atoms with van der Waals surface area (Å²) in [6, 6.07) is 4.54. The van der Waals surface area contributed by atoms with E-state index >= 15 is 0 Å². The topological polar surface area (TPSA) is 406 Å². The van der Waals surface area contributed by atoms with Gasteiger partial charge in [-0.15, -0.1) is 0 Å². The summed E-state index contributed by atoms with van der Waals surface area (Å²) in [5.74, 6) is -6.86. The molecule has 1 aliphatic carbocycles. The Balaban J connectivity index is 0.000000458. The Hall–Kier alpha value is -7.38. The molecule has 1 aromatic carbocycles. The third kappa shape index (κ3) is 33.4. The number of carbonyl (C=O) groups excluding carboxylic acids is 6. The third-order valence-corrected chi connectivity index (χ3v) is 23.6. The molecule has 4 aliphatic rings. The van der Waals surface area contributed by atoms with E-state index in [-0.39, 0.29) is 79.1 Å². The SMILES string of the molecule is CCOCCOCCOCCC(=O)CCCCCn1nc(-c2ccc3oc(N)nc3c2)c2c(N)ncnc21.CCOCCOCCOCCOCCOCCCC(=O)O[C@@H]1CC[C@@H](C[C@@H](C)[C@@H]2C[C@@H](OC)[C@H](C)/C=C(\C)[C@@H](O)[C@@H](OC)C(=O)[C@H](C)C[C@H](C)/C=C/C=C/C=C(\C)[C@@H](OC)C[C@@H]3CC[C@@H](C)[C@@](O)(O3)C(=O)C(=O)N3CCCC[C@H]3C(=O)O2)C[C@H]1OC. The largest absolute Gasteiger partial charge is 0.460 e. The van der Waals surface area contributed by atoms with Crippen LogP contribution >= 0.6 is 0 Å².